The molecule has 0 unspecified atom stereocenters. The first-order valence-electron chi connectivity index (χ1n) is 23.1. The molecule has 0 aliphatic heterocycles. The monoisotopic (exact) mass is 1130 g/mol. The lowest BCUT2D eigenvalue weighted by Crippen LogP contribution is -2.44. The van der Waals surface area contributed by atoms with Crippen molar-refractivity contribution in [2.24, 2.45) is 0 Å². The molecule has 0 saturated heterocycles. The van der Waals surface area contributed by atoms with Gasteiger partial charge in [0, 0.05) is 39.8 Å². The number of halogens is 1. The van der Waals surface area contributed by atoms with Gasteiger partial charge in [-0.2, -0.15) is 16.6 Å². The number of carbonyl (C=O) groups is 3. The molecule has 3 N–H and O–H groups in total. The van der Waals surface area contributed by atoms with Gasteiger partial charge in [0.15, 0.2) is 58.5 Å². The Balaban J connectivity index is 0.000000247. The summed E-state index contributed by atoms with van der Waals surface area (Å²) in [6, 6.07) is 16.8. The molecule has 6 aromatic rings. The molecule has 0 atom stereocenters. The number of sulfone groups is 3. The third-order valence-corrected chi connectivity index (χ3v) is 19.7. The van der Waals surface area contributed by atoms with E-state index >= 15 is 0 Å². The highest BCUT2D eigenvalue weighted by Crippen LogP contribution is 2.33. The van der Waals surface area contributed by atoms with Crippen LogP contribution in [0.3, 0.4) is 0 Å². The summed E-state index contributed by atoms with van der Waals surface area (Å²) >= 11 is 1.27. The molecule has 76 heavy (non-hydrogen) atoms. The number of ether oxygens (including phenoxy) is 1. The van der Waals surface area contributed by atoms with Crippen molar-refractivity contribution in [1.29, 1.82) is 5.26 Å². The zero-order valence-electron chi connectivity index (χ0n) is 45.1. The van der Waals surface area contributed by atoms with Crippen molar-refractivity contribution >= 4 is 76.0 Å². The van der Waals surface area contributed by atoms with E-state index in [1.165, 1.54) is 114 Å². The first-order chi connectivity index (χ1) is 34.7. The van der Waals surface area contributed by atoms with Gasteiger partial charge in [-0.25, -0.2) is 29.6 Å². The summed E-state index contributed by atoms with van der Waals surface area (Å²) in [6.45, 7) is 25.2. The maximum Gasteiger partial charge on any atom is 0.246 e. The molecule has 0 fully saturated rings. The number of anilines is 3. The van der Waals surface area contributed by atoms with Crippen LogP contribution in [0.2, 0.25) is 0 Å². The highest BCUT2D eigenvalue weighted by Gasteiger charge is 2.46. The molecule has 6 rings (SSSR count). The summed E-state index contributed by atoms with van der Waals surface area (Å²) in [4.78, 5) is 37.5. The lowest BCUT2D eigenvalue weighted by molar-refractivity contribution is -0.118. The molecule has 3 amide bonds. The van der Waals surface area contributed by atoms with E-state index in [0.29, 0.717) is 22.8 Å². The molecular formula is C51H64FN7O13S4. The molecule has 412 valence electrons. The van der Waals surface area contributed by atoms with E-state index in [1.807, 2.05) is 68.4 Å². The summed E-state index contributed by atoms with van der Waals surface area (Å²) in [5.41, 5.74) is -0.532. The van der Waals surface area contributed by atoms with Gasteiger partial charge < -0.3 is 34.3 Å². The summed E-state index contributed by atoms with van der Waals surface area (Å²) < 4.78 is 106. The molecule has 20 nitrogen and oxygen atoms in total. The fourth-order valence-corrected chi connectivity index (χ4v) is 11.2. The van der Waals surface area contributed by atoms with Crippen LogP contribution in [-0.2, 0) is 60.1 Å². The molecule has 25 heteroatoms. The highest BCUT2D eigenvalue weighted by molar-refractivity contribution is 7.94. The molecule has 0 saturated carbocycles. The Morgan fingerprint density at radius 1 is 0.539 bits per heavy atom. The normalized spacial score (nSPS) is 12.7. The SMILES string of the molecule is CC(C)(C)c1cc(NC(=O)C(C)(C)S(=O)(=O)c2ccc(C#N)cc2)no1.CC(C)(C)c1cc(NC(=O)C(C)(C)S(=O)(=O)c2ccsc2)no1.COc1ccc(S(=O)(=O)C(C)(C)C(=O)Nc2cc(C(C)(C)C)on2)cc1F. The largest absolute Gasteiger partial charge is 0.494 e. The fourth-order valence-electron chi connectivity index (χ4n) is 6.04. The zero-order valence-corrected chi connectivity index (χ0v) is 48.4. The first-order valence-corrected chi connectivity index (χ1v) is 28.5. The molecule has 0 radical (unpaired) electrons. The maximum atomic E-state index is 13.9. The van der Waals surface area contributed by atoms with Crippen LogP contribution in [0.25, 0.3) is 0 Å². The Hall–Kier alpha value is -6.75. The number of nitriles is 1. The fraction of sp³-hybridized carbons (Fsp3) is 0.431. The third kappa shape index (κ3) is 13.6. The molecule has 0 aliphatic rings. The standard InChI is InChI=1S/C18H23FN2O5S.C18H21N3O4S.C15H20N2O4S2/c1-17(2,3)14-10-15(21-26-14)20-16(22)18(4,5)27(23,24)11-7-8-13(25-6)12(19)9-11;1-17(2,3)14-10-15(21-25-14)20-16(22)18(4,5)26(23,24)13-8-6-12(11-19)7-9-13;1-14(2,3)11-8-12(17-21-11)16-13(18)15(4,5)23(19,20)10-6-7-22-9-10/h7-10H,1-6H3,(H,20,21,22);6-10H,1-5H3,(H,20,21,22);6-9H,1-5H3,(H,16,17,18). The van der Waals surface area contributed by atoms with Crippen molar-refractivity contribution in [2.45, 2.75) is 149 Å². The van der Waals surface area contributed by atoms with Gasteiger partial charge >= 0.3 is 0 Å². The Kier molecular flexibility index (Phi) is 18.3. The van der Waals surface area contributed by atoms with Crippen LogP contribution in [0.1, 0.15) is 127 Å². The van der Waals surface area contributed by atoms with Crippen LogP contribution in [0.4, 0.5) is 21.8 Å². The van der Waals surface area contributed by atoms with Crippen LogP contribution in [0, 0.1) is 17.1 Å². The Labute approximate surface area is 446 Å². The quantitative estimate of drug-likeness (QED) is 0.0969. The second kappa shape index (κ2) is 22.5. The zero-order chi connectivity index (χ0) is 57.8. The Morgan fingerprint density at radius 2 is 0.882 bits per heavy atom. The number of nitrogens with zero attached hydrogens (tertiary/aromatic N) is 4. The van der Waals surface area contributed by atoms with Gasteiger partial charge in [0.05, 0.1) is 33.4 Å². The van der Waals surface area contributed by atoms with Gasteiger partial charge in [-0.15, -0.1) is 0 Å². The minimum absolute atomic E-state index is 0.0350. The number of benzene rings is 2. The van der Waals surface area contributed by atoms with Gasteiger partial charge in [0.2, 0.25) is 17.7 Å². The molecule has 0 aliphatic carbocycles. The molecule has 0 spiro atoms. The number of aromatic nitrogens is 3. The van der Waals surface area contributed by atoms with Crippen LogP contribution in [0.5, 0.6) is 5.75 Å². The van der Waals surface area contributed by atoms with Crippen molar-refractivity contribution in [1.82, 2.24) is 15.5 Å². The smallest absolute Gasteiger partial charge is 0.246 e. The van der Waals surface area contributed by atoms with Crippen molar-refractivity contribution < 1.29 is 62.3 Å². The highest BCUT2D eigenvalue weighted by atomic mass is 32.2. The summed E-state index contributed by atoms with van der Waals surface area (Å²) in [5, 5.41) is 30.8. The third-order valence-electron chi connectivity index (χ3n) is 11.7. The van der Waals surface area contributed by atoms with Gasteiger partial charge in [-0.3, -0.25) is 14.4 Å². The van der Waals surface area contributed by atoms with Crippen molar-refractivity contribution in [3.8, 4) is 11.8 Å². The van der Waals surface area contributed by atoms with E-state index in [-0.39, 0.29) is 54.1 Å². The van der Waals surface area contributed by atoms with E-state index in [2.05, 4.69) is 31.4 Å². The van der Waals surface area contributed by atoms with Crippen molar-refractivity contribution in [3.05, 3.63) is 106 Å². The minimum Gasteiger partial charge on any atom is -0.494 e. The Bertz CT molecular complexity index is 3440. The number of hydrogen-bond donors (Lipinski definition) is 3. The summed E-state index contributed by atoms with van der Waals surface area (Å²) in [7, 11) is -10.7. The number of nitrogens with one attached hydrogen (secondary N) is 3. The predicted octanol–water partition coefficient (Wildman–Crippen LogP) is 9.57. The van der Waals surface area contributed by atoms with E-state index in [1.54, 1.807) is 17.5 Å². The first kappa shape index (κ1) is 61.8. The van der Waals surface area contributed by atoms with E-state index in [4.69, 9.17) is 23.6 Å². The summed E-state index contributed by atoms with van der Waals surface area (Å²) in [6.07, 6.45) is 0. The topological polar surface area (TPSA) is 301 Å². The van der Waals surface area contributed by atoms with Crippen LogP contribution in [-0.4, -0.2) is 79.8 Å². The minimum atomic E-state index is -4.19. The number of hydrogen-bond acceptors (Lipinski definition) is 18. The Morgan fingerprint density at radius 3 is 1.17 bits per heavy atom. The van der Waals surface area contributed by atoms with Gasteiger partial charge in [0.1, 0.15) is 31.5 Å². The van der Waals surface area contributed by atoms with Gasteiger partial charge in [0.25, 0.3) is 0 Å². The predicted molar refractivity (Wildman–Crippen MR) is 284 cm³/mol. The van der Waals surface area contributed by atoms with E-state index < -0.39 is 67.3 Å². The molecule has 4 heterocycles. The molecule has 0 bridgehead atoms. The van der Waals surface area contributed by atoms with Crippen molar-refractivity contribution in [2.75, 3.05) is 23.1 Å². The van der Waals surface area contributed by atoms with Gasteiger partial charge in [-0.05, 0) is 95.5 Å². The number of carbonyl (C=O) groups excluding carboxylic acids is 3. The number of methoxy groups -OCH3 is 1. The molecule has 4 aromatic heterocycles. The lowest BCUT2D eigenvalue weighted by Gasteiger charge is -2.23. The average molecular weight is 1130 g/mol. The van der Waals surface area contributed by atoms with Crippen molar-refractivity contribution in [3.63, 3.8) is 0 Å². The van der Waals surface area contributed by atoms with Gasteiger partial charge in [-0.1, -0.05) is 77.8 Å². The number of thiophene rings is 1. The number of amides is 3. The average Bonchev–Trinajstić information content (AvgIpc) is 4.18. The second-order valence-electron chi connectivity index (χ2n) is 21.8. The van der Waals surface area contributed by atoms with E-state index in [9.17, 15) is 44.0 Å². The second-order valence-corrected chi connectivity index (χ2v) is 30.1. The van der Waals surface area contributed by atoms with Crippen LogP contribution >= 0.6 is 11.3 Å². The summed E-state index contributed by atoms with van der Waals surface area (Å²) in [5.74, 6) is -0.941. The van der Waals surface area contributed by atoms with Crippen LogP contribution < -0.4 is 20.7 Å². The van der Waals surface area contributed by atoms with E-state index in [0.717, 1.165) is 6.07 Å². The molecular weight excluding hydrogens is 1070 g/mol. The maximum absolute atomic E-state index is 13.9. The lowest BCUT2D eigenvalue weighted by atomic mass is 9.93. The molecule has 2 aromatic carbocycles. The van der Waals surface area contributed by atoms with Crippen LogP contribution in [0.15, 0.2) is 106 Å². The number of rotatable bonds is 13.